The fraction of sp³-hybridized carbons (Fsp3) is 0.308. The molecule has 0 saturated carbocycles. The zero-order chi connectivity index (χ0) is 14.3. The van der Waals surface area contributed by atoms with E-state index in [1.54, 1.807) is 6.08 Å². The Hall–Kier alpha value is -0.740. The average molecular weight is 324 g/mol. The van der Waals surface area contributed by atoms with Crippen LogP contribution in [-0.4, -0.2) is 22.7 Å². The minimum atomic E-state index is -1.83. The van der Waals surface area contributed by atoms with E-state index in [-0.39, 0.29) is 6.61 Å². The quantitative estimate of drug-likeness (QED) is 0.467. The molecule has 0 amide bonds. The van der Waals surface area contributed by atoms with E-state index in [2.05, 4.69) is 0 Å². The van der Waals surface area contributed by atoms with E-state index < -0.39 is 16.1 Å². The second-order valence-electron chi connectivity index (χ2n) is 3.63. The molecule has 0 radical (unpaired) electrons. The summed E-state index contributed by atoms with van der Waals surface area (Å²) in [5.41, 5.74) is 1.02. The number of hydrogen-bond donors (Lipinski definition) is 0. The average Bonchev–Trinajstić information content (AvgIpc) is 2.32. The molecule has 0 bridgehead atoms. The number of halogens is 3. The number of rotatable bonds is 5. The standard InChI is InChI=1S/C13H13Cl3O3/c1-10(17)19-12(13(14,15)16)18-9-5-8-11-6-3-2-4-7-11/h2-8,12H,9H2,1H3/b8-5+. The molecule has 0 spiro atoms. The summed E-state index contributed by atoms with van der Waals surface area (Å²) in [7, 11) is 0. The van der Waals surface area contributed by atoms with Crippen molar-refractivity contribution in [1.82, 2.24) is 0 Å². The maximum Gasteiger partial charge on any atom is 0.305 e. The van der Waals surface area contributed by atoms with E-state index >= 15 is 0 Å². The highest BCUT2D eigenvalue weighted by molar-refractivity contribution is 6.68. The Labute approximate surface area is 127 Å². The Bertz CT molecular complexity index is 427. The molecule has 0 aliphatic carbocycles. The molecular weight excluding hydrogens is 310 g/mol. The van der Waals surface area contributed by atoms with Gasteiger partial charge in [-0.2, -0.15) is 0 Å². The second-order valence-corrected chi connectivity index (χ2v) is 6.00. The van der Waals surface area contributed by atoms with Crippen molar-refractivity contribution in [2.24, 2.45) is 0 Å². The van der Waals surface area contributed by atoms with Crippen LogP contribution in [0.3, 0.4) is 0 Å². The molecule has 0 N–H and O–H groups in total. The van der Waals surface area contributed by atoms with Gasteiger partial charge in [-0.25, -0.2) is 0 Å². The number of carbonyl (C=O) groups excluding carboxylic acids is 1. The summed E-state index contributed by atoms with van der Waals surface area (Å²) in [5, 5.41) is 0. The van der Waals surface area contributed by atoms with E-state index in [0.29, 0.717) is 0 Å². The van der Waals surface area contributed by atoms with Crippen molar-refractivity contribution in [1.29, 1.82) is 0 Å². The minimum Gasteiger partial charge on any atom is -0.431 e. The molecule has 1 rings (SSSR count). The summed E-state index contributed by atoms with van der Waals surface area (Å²) in [4.78, 5) is 10.9. The molecule has 19 heavy (non-hydrogen) atoms. The first-order valence-corrected chi connectivity index (χ1v) is 6.60. The third-order valence-electron chi connectivity index (χ3n) is 1.99. The molecule has 1 unspecified atom stereocenters. The van der Waals surface area contributed by atoms with Gasteiger partial charge in [0.05, 0.1) is 6.61 Å². The Morgan fingerprint density at radius 3 is 2.47 bits per heavy atom. The number of benzene rings is 1. The van der Waals surface area contributed by atoms with Crippen LogP contribution >= 0.6 is 34.8 Å². The number of esters is 1. The maximum absolute atomic E-state index is 10.9. The molecule has 0 saturated heterocycles. The van der Waals surface area contributed by atoms with Crippen LogP contribution in [0.15, 0.2) is 36.4 Å². The molecule has 0 fully saturated rings. The molecule has 1 atom stereocenters. The lowest BCUT2D eigenvalue weighted by molar-refractivity contribution is -0.172. The highest BCUT2D eigenvalue weighted by Gasteiger charge is 2.36. The van der Waals surface area contributed by atoms with E-state index in [4.69, 9.17) is 44.3 Å². The van der Waals surface area contributed by atoms with Gasteiger partial charge in [0.25, 0.3) is 10.1 Å². The lowest BCUT2D eigenvalue weighted by Crippen LogP contribution is -2.33. The van der Waals surface area contributed by atoms with Gasteiger partial charge in [0, 0.05) is 6.92 Å². The van der Waals surface area contributed by atoms with Crippen molar-refractivity contribution < 1.29 is 14.3 Å². The van der Waals surface area contributed by atoms with Crippen molar-refractivity contribution in [3.05, 3.63) is 42.0 Å². The summed E-state index contributed by atoms with van der Waals surface area (Å²) in [6, 6.07) is 9.64. The summed E-state index contributed by atoms with van der Waals surface area (Å²) < 4.78 is 8.16. The van der Waals surface area contributed by atoms with Crippen LogP contribution in [0, 0.1) is 0 Å². The van der Waals surface area contributed by atoms with Crippen LogP contribution < -0.4 is 0 Å². The van der Waals surface area contributed by atoms with E-state index in [1.807, 2.05) is 36.4 Å². The molecule has 1 aromatic rings. The first-order valence-electron chi connectivity index (χ1n) is 5.46. The first-order chi connectivity index (χ1) is 8.89. The zero-order valence-corrected chi connectivity index (χ0v) is 12.5. The molecule has 0 aliphatic rings. The third-order valence-corrected chi connectivity index (χ3v) is 2.53. The summed E-state index contributed by atoms with van der Waals surface area (Å²) in [6.45, 7) is 1.37. The Morgan fingerprint density at radius 1 is 1.32 bits per heavy atom. The minimum absolute atomic E-state index is 0.154. The van der Waals surface area contributed by atoms with Gasteiger partial charge in [-0.1, -0.05) is 77.3 Å². The van der Waals surface area contributed by atoms with E-state index in [1.165, 1.54) is 6.92 Å². The SMILES string of the molecule is CC(=O)OC(OC/C=C/c1ccccc1)C(Cl)(Cl)Cl. The van der Waals surface area contributed by atoms with Gasteiger partial charge in [0.2, 0.25) is 0 Å². The van der Waals surface area contributed by atoms with Crippen LogP contribution in [0.5, 0.6) is 0 Å². The summed E-state index contributed by atoms with van der Waals surface area (Å²) in [5.74, 6) is -0.580. The molecule has 0 aliphatic heterocycles. The fourth-order valence-electron chi connectivity index (χ4n) is 1.24. The lowest BCUT2D eigenvalue weighted by Gasteiger charge is -2.23. The number of alkyl halides is 3. The monoisotopic (exact) mass is 322 g/mol. The number of carbonyl (C=O) groups is 1. The second kappa shape index (κ2) is 7.75. The number of ether oxygens (including phenoxy) is 2. The zero-order valence-electron chi connectivity index (χ0n) is 10.2. The molecule has 0 heterocycles. The fourth-order valence-corrected chi connectivity index (χ4v) is 1.56. The Morgan fingerprint density at radius 2 is 1.95 bits per heavy atom. The highest BCUT2D eigenvalue weighted by Crippen LogP contribution is 2.33. The predicted octanol–water partition coefficient (Wildman–Crippen LogP) is 3.98. The van der Waals surface area contributed by atoms with Gasteiger partial charge in [0.1, 0.15) is 0 Å². The van der Waals surface area contributed by atoms with Crippen molar-refractivity contribution >= 4 is 46.8 Å². The molecule has 6 heteroatoms. The van der Waals surface area contributed by atoms with Crippen LogP contribution in [0.25, 0.3) is 6.08 Å². The normalized spacial score (nSPS) is 13.5. The van der Waals surface area contributed by atoms with Gasteiger partial charge < -0.3 is 9.47 Å². The van der Waals surface area contributed by atoms with Crippen LogP contribution in [-0.2, 0) is 14.3 Å². The van der Waals surface area contributed by atoms with E-state index in [9.17, 15) is 4.79 Å². The van der Waals surface area contributed by atoms with Crippen LogP contribution in [0.4, 0.5) is 0 Å². The topological polar surface area (TPSA) is 35.5 Å². The maximum atomic E-state index is 10.9. The summed E-state index contributed by atoms with van der Waals surface area (Å²) in [6.07, 6.45) is 2.35. The van der Waals surface area contributed by atoms with Gasteiger partial charge in [-0.05, 0) is 5.56 Å². The Balaban J connectivity index is 2.49. The third kappa shape index (κ3) is 6.83. The molecule has 1 aromatic carbocycles. The van der Waals surface area contributed by atoms with E-state index in [0.717, 1.165) is 5.56 Å². The smallest absolute Gasteiger partial charge is 0.305 e. The van der Waals surface area contributed by atoms with Crippen molar-refractivity contribution in [2.45, 2.75) is 17.0 Å². The predicted molar refractivity (Wildman–Crippen MR) is 77.3 cm³/mol. The van der Waals surface area contributed by atoms with Gasteiger partial charge in [0.15, 0.2) is 0 Å². The van der Waals surface area contributed by atoms with Crippen molar-refractivity contribution in [2.75, 3.05) is 6.61 Å². The van der Waals surface area contributed by atoms with Crippen molar-refractivity contribution in [3.8, 4) is 0 Å². The van der Waals surface area contributed by atoms with Crippen molar-refractivity contribution in [3.63, 3.8) is 0 Å². The van der Waals surface area contributed by atoms with Gasteiger partial charge >= 0.3 is 5.97 Å². The Kier molecular flexibility index (Phi) is 6.66. The number of hydrogen-bond acceptors (Lipinski definition) is 3. The molecule has 104 valence electrons. The summed E-state index contributed by atoms with van der Waals surface area (Å²) >= 11 is 16.9. The van der Waals surface area contributed by atoms with Gasteiger partial charge in [-0.15, -0.1) is 0 Å². The highest BCUT2D eigenvalue weighted by atomic mass is 35.6. The first kappa shape index (κ1) is 16.3. The molecular formula is C13H13Cl3O3. The largest absolute Gasteiger partial charge is 0.431 e. The van der Waals surface area contributed by atoms with Crippen LogP contribution in [0.2, 0.25) is 0 Å². The molecule has 3 nitrogen and oxygen atoms in total. The van der Waals surface area contributed by atoms with Crippen LogP contribution in [0.1, 0.15) is 12.5 Å². The molecule has 0 aromatic heterocycles. The van der Waals surface area contributed by atoms with Gasteiger partial charge in [-0.3, -0.25) is 4.79 Å². The lowest BCUT2D eigenvalue weighted by atomic mass is 10.2.